The number of hydrogen-bond donors (Lipinski definition) is 2. The molecule has 2 aromatic heterocycles. The van der Waals surface area contributed by atoms with Crippen molar-refractivity contribution in [3.63, 3.8) is 0 Å². The Morgan fingerprint density at radius 3 is 2.76 bits per heavy atom. The van der Waals surface area contributed by atoms with Crippen LogP contribution in [0.3, 0.4) is 0 Å². The fourth-order valence-electron chi connectivity index (χ4n) is 3.31. The van der Waals surface area contributed by atoms with E-state index in [1.165, 1.54) is 29.4 Å². The Balaban J connectivity index is 1.75. The van der Waals surface area contributed by atoms with Gasteiger partial charge in [0.1, 0.15) is 10.7 Å². The molecule has 2 N–H and O–H groups in total. The van der Waals surface area contributed by atoms with Gasteiger partial charge in [0.25, 0.3) is 11.8 Å². The molecular formula is C21H21ClF4N4O4. The minimum atomic E-state index is -4.36. The molecule has 8 nitrogen and oxygen atoms in total. The van der Waals surface area contributed by atoms with Crippen molar-refractivity contribution in [1.29, 1.82) is 0 Å². The minimum Gasteiger partial charge on any atom is -0.470 e. The summed E-state index contributed by atoms with van der Waals surface area (Å²) in [7, 11) is 0. The molecule has 2 amide bonds. The summed E-state index contributed by atoms with van der Waals surface area (Å²) in [6.45, 7) is 0.317. The van der Waals surface area contributed by atoms with Crippen LogP contribution in [0.5, 0.6) is 5.88 Å². The smallest absolute Gasteiger partial charge is 0.340 e. The molecule has 0 fully saturated rings. The summed E-state index contributed by atoms with van der Waals surface area (Å²) in [6.07, 6.45) is -0.935. The molecule has 1 aliphatic rings. The second-order valence-electron chi connectivity index (χ2n) is 7.53. The first-order valence-corrected chi connectivity index (χ1v) is 10.6. The van der Waals surface area contributed by atoms with Crippen LogP contribution >= 0.6 is 11.6 Å². The molecule has 13 heteroatoms. The average Bonchev–Trinajstić information content (AvgIpc) is 3.14. The van der Waals surface area contributed by atoms with Crippen LogP contribution in [0.2, 0.25) is 5.02 Å². The third kappa shape index (κ3) is 5.39. The Bertz CT molecular complexity index is 1070. The molecule has 0 aliphatic carbocycles. The van der Waals surface area contributed by atoms with Crippen LogP contribution in [-0.2, 0) is 6.54 Å². The highest BCUT2D eigenvalue weighted by Crippen LogP contribution is 2.34. The van der Waals surface area contributed by atoms with E-state index in [9.17, 15) is 27.2 Å². The van der Waals surface area contributed by atoms with Crippen LogP contribution in [-0.4, -0.2) is 63.9 Å². The number of carbonyl (C=O) groups excluding carboxylic acids is 2. The number of aromatic nitrogens is 2. The summed E-state index contributed by atoms with van der Waals surface area (Å²) in [5.41, 5.74) is 1.27. The summed E-state index contributed by atoms with van der Waals surface area (Å²) in [5.74, 6) is -5.64. The number of carbonyl (C=O) groups is 2. The maximum absolute atomic E-state index is 13.1. The SMILES string of the molecule is CC(c1cnc(OCC(F)(F)C(F)F)c(Cl)c1)N1Cc2c(ccnc2C(=O)NCCCO)C1=O. The van der Waals surface area contributed by atoms with Crippen LogP contribution in [0.4, 0.5) is 17.6 Å². The molecule has 0 aromatic carbocycles. The first-order chi connectivity index (χ1) is 16.1. The van der Waals surface area contributed by atoms with Gasteiger partial charge < -0.3 is 20.1 Å². The Hall–Kier alpha value is -2.99. The standard InChI is InChI=1S/C21H21ClF4N4O4/c1-11(12-7-15(22)18(29-8-12)34-10-21(25,26)20(23)24)30-9-14-13(19(30)33)3-5-27-16(14)17(32)28-4-2-6-31/h3,5,7-8,11,20,31H,2,4,6,9-10H2,1H3,(H,28,32). The molecule has 3 heterocycles. The number of pyridine rings is 2. The summed E-state index contributed by atoms with van der Waals surface area (Å²) in [6, 6.07) is 2.25. The van der Waals surface area contributed by atoms with Gasteiger partial charge in [0.15, 0.2) is 6.61 Å². The molecule has 2 aromatic rings. The number of fused-ring (bicyclic) bond motifs is 1. The van der Waals surface area contributed by atoms with Gasteiger partial charge in [-0.25, -0.2) is 13.8 Å². The van der Waals surface area contributed by atoms with Crippen molar-refractivity contribution in [1.82, 2.24) is 20.2 Å². The largest absolute Gasteiger partial charge is 0.470 e. The zero-order valence-electron chi connectivity index (χ0n) is 17.9. The number of aliphatic hydroxyl groups is 1. The highest BCUT2D eigenvalue weighted by Gasteiger charge is 2.42. The van der Waals surface area contributed by atoms with Gasteiger partial charge in [0.05, 0.1) is 6.04 Å². The number of nitrogens with zero attached hydrogens (tertiary/aromatic N) is 3. The van der Waals surface area contributed by atoms with Crippen molar-refractivity contribution in [2.75, 3.05) is 19.8 Å². The van der Waals surface area contributed by atoms with Gasteiger partial charge in [-0.2, -0.15) is 8.78 Å². The zero-order valence-corrected chi connectivity index (χ0v) is 18.7. The summed E-state index contributed by atoms with van der Waals surface area (Å²) >= 11 is 6.04. The predicted octanol–water partition coefficient (Wildman–Crippen LogP) is 3.24. The highest BCUT2D eigenvalue weighted by molar-refractivity contribution is 6.31. The molecule has 3 rings (SSSR count). The summed E-state index contributed by atoms with van der Waals surface area (Å²) in [4.78, 5) is 34.8. The van der Waals surface area contributed by atoms with Gasteiger partial charge >= 0.3 is 12.3 Å². The predicted molar refractivity (Wildman–Crippen MR) is 112 cm³/mol. The maximum atomic E-state index is 13.1. The van der Waals surface area contributed by atoms with Crippen molar-refractivity contribution in [3.05, 3.63) is 51.9 Å². The first kappa shape index (κ1) is 25.6. The third-order valence-corrected chi connectivity index (χ3v) is 5.48. The van der Waals surface area contributed by atoms with Gasteiger partial charge in [-0.15, -0.1) is 0 Å². The molecule has 0 bridgehead atoms. The number of hydrogen-bond acceptors (Lipinski definition) is 6. The second-order valence-corrected chi connectivity index (χ2v) is 7.94. The van der Waals surface area contributed by atoms with Crippen LogP contribution in [0.1, 0.15) is 51.4 Å². The average molecular weight is 505 g/mol. The normalized spacial score (nSPS) is 14.4. The monoisotopic (exact) mass is 504 g/mol. The number of aliphatic hydroxyl groups excluding tert-OH is 1. The molecule has 184 valence electrons. The Morgan fingerprint density at radius 2 is 2.12 bits per heavy atom. The summed E-state index contributed by atoms with van der Waals surface area (Å²) < 4.78 is 55.4. The van der Waals surface area contributed by atoms with Crippen molar-refractivity contribution in [2.24, 2.45) is 0 Å². The van der Waals surface area contributed by atoms with Crippen molar-refractivity contribution in [3.8, 4) is 5.88 Å². The lowest BCUT2D eigenvalue weighted by molar-refractivity contribution is -0.148. The quantitative estimate of drug-likeness (QED) is 0.380. The fourth-order valence-corrected chi connectivity index (χ4v) is 3.53. The second kappa shape index (κ2) is 10.5. The van der Waals surface area contributed by atoms with Crippen molar-refractivity contribution in [2.45, 2.75) is 38.3 Å². The third-order valence-electron chi connectivity index (χ3n) is 5.21. The van der Waals surface area contributed by atoms with Gasteiger partial charge in [0, 0.05) is 43.2 Å². The van der Waals surface area contributed by atoms with E-state index in [1.807, 2.05) is 0 Å². The Morgan fingerprint density at radius 1 is 1.38 bits per heavy atom. The van der Waals surface area contributed by atoms with E-state index < -0.39 is 36.8 Å². The van der Waals surface area contributed by atoms with Gasteiger partial charge in [-0.1, -0.05) is 11.6 Å². The molecule has 1 aliphatic heterocycles. The molecule has 1 unspecified atom stereocenters. The van der Waals surface area contributed by atoms with E-state index in [2.05, 4.69) is 20.0 Å². The molecule has 34 heavy (non-hydrogen) atoms. The lowest BCUT2D eigenvalue weighted by atomic mass is 10.1. The van der Waals surface area contributed by atoms with Gasteiger partial charge in [-0.3, -0.25) is 14.6 Å². The van der Waals surface area contributed by atoms with Crippen molar-refractivity contribution >= 4 is 23.4 Å². The minimum absolute atomic E-state index is 0.0718. The van der Waals surface area contributed by atoms with E-state index in [0.717, 1.165) is 0 Å². The number of amides is 2. The number of rotatable bonds is 10. The lowest BCUT2D eigenvalue weighted by Crippen LogP contribution is -2.34. The summed E-state index contributed by atoms with van der Waals surface area (Å²) in [5, 5.41) is 11.3. The maximum Gasteiger partial charge on any atom is 0.340 e. The van der Waals surface area contributed by atoms with E-state index in [0.29, 0.717) is 23.1 Å². The lowest BCUT2D eigenvalue weighted by Gasteiger charge is -2.25. The highest BCUT2D eigenvalue weighted by atomic mass is 35.5. The molecule has 0 spiro atoms. The molecule has 0 saturated carbocycles. The van der Waals surface area contributed by atoms with E-state index in [4.69, 9.17) is 16.7 Å². The molecular weight excluding hydrogens is 484 g/mol. The number of nitrogens with one attached hydrogen (secondary N) is 1. The van der Waals surface area contributed by atoms with Gasteiger partial charge in [-0.05, 0) is 31.0 Å². The fraction of sp³-hybridized carbons (Fsp3) is 0.429. The topological polar surface area (TPSA) is 105 Å². The molecule has 0 saturated heterocycles. The number of alkyl halides is 4. The zero-order chi connectivity index (χ0) is 25.0. The Labute approximate surface area is 196 Å². The van der Waals surface area contributed by atoms with Crippen LogP contribution < -0.4 is 10.1 Å². The van der Waals surface area contributed by atoms with E-state index in [-0.39, 0.29) is 36.3 Å². The van der Waals surface area contributed by atoms with Crippen LogP contribution in [0, 0.1) is 0 Å². The Kier molecular flexibility index (Phi) is 7.93. The first-order valence-electron chi connectivity index (χ1n) is 10.2. The number of ether oxygens (including phenoxy) is 1. The van der Waals surface area contributed by atoms with E-state index in [1.54, 1.807) is 6.92 Å². The van der Waals surface area contributed by atoms with Gasteiger partial charge in [0.2, 0.25) is 5.88 Å². The number of halogens is 5. The van der Waals surface area contributed by atoms with Crippen LogP contribution in [0.25, 0.3) is 0 Å². The van der Waals surface area contributed by atoms with Crippen LogP contribution in [0.15, 0.2) is 24.5 Å². The van der Waals surface area contributed by atoms with E-state index >= 15 is 0 Å². The molecule has 1 atom stereocenters. The van der Waals surface area contributed by atoms with Crippen molar-refractivity contribution < 1.29 is 37.0 Å². The molecule has 0 radical (unpaired) electrons.